The summed E-state index contributed by atoms with van der Waals surface area (Å²) in [5, 5.41) is 0. The van der Waals surface area contributed by atoms with Crippen molar-refractivity contribution in [3.8, 4) is 0 Å². The van der Waals surface area contributed by atoms with Gasteiger partial charge in [0.05, 0.1) is 13.2 Å². The molecule has 1 atom stereocenters. The first-order valence-electron chi connectivity index (χ1n) is 6.25. The molecule has 0 aromatic carbocycles. The van der Waals surface area contributed by atoms with Gasteiger partial charge < -0.3 is 14.4 Å². The van der Waals surface area contributed by atoms with Crippen molar-refractivity contribution in [2.45, 2.75) is 27.2 Å². The van der Waals surface area contributed by atoms with Crippen LogP contribution in [0.4, 0.5) is 4.79 Å². The van der Waals surface area contributed by atoms with Crippen molar-refractivity contribution < 1.29 is 14.3 Å². The number of rotatable bonds is 2. The molecule has 0 N–H and O–H groups in total. The molecule has 94 valence electrons. The minimum atomic E-state index is -0.152. The molecule has 4 heteroatoms. The van der Waals surface area contributed by atoms with Crippen LogP contribution < -0.4 is 0 Å². The van der Waals surface area contributed by atoms with Crippen LogP contribution in [0.2, 0.25) is 0 Å². The number of hydrogen-bond donors (Lipinski definition) is 0. The van der Waals surface area contributed by atoms with Crippen LogP contribution in [0, 0.1) is 11.8 Å². The van der Waals surface area contributed by atoms with E-state index >= 15 is 0 Å². The van der Waals surface area contributed by atoms with Crippen molar-refractivity contribution in [1.29, 1.82) is 0 Å². The predicted molar refractivity (Wildman–Crippen MR) is 62.4 cm³/mol. The highest BCUT2D eigenvalue weighted by Gasteiger charge is 2.26. The molecule has 0 spiro atoms. The highest BCUT2D eigenvalue weighted by Crippen LogP contribution is 2.17. The number of carbonyl (C=O) groups is 1. The van der Waals surface area contributed by atoms with E-state index < -0.39 is 0 Å². The smallest absolute Gasteiger partial charge is 0.409 e. The molecule has 0 saturated carbocycles. The van der Waals surface area contributed by atoms with Gasteiger partial charge in [0.25, 0.3) is 0 Å². The van der Waals surface area contributed by atoms with Gasteiger partial charge in [0.15, 0.2) is 0 Å². The molecule has 2 rings (SSSR count). The highest BCUT2D eigenvalue weighted by molar-refractivity contribution is 5.67. The zero-order valence-electron chi connectivity index (χ0n) is 10.6. The van der Waals surface area contributed by atoms with Gasteiger partial charge in [-0.05, 0) is 12.3 Å². The van der Waals surface area contributed by atoms with E-state index in [-0.39, 0.29) is 6.09 Å². The van der Waals surface area contributed by atoms with Gasteiger partial charge in [0.1, 0.15) is 6.61 Å². The van der Waals surface area contributed by atoms with Crippen LogP contribution in [0.5, 0.6) is 0 Å². The summed E-state index contributed by atoms with van der Waals surface area (Å²) in [5.74, 6) is 1.05. The van der Waals surface area contributed by atoms with Crippen molar-refractivity contribution in [3.63, 3.8) is 0 Å². The zero-order chi connectivity index (χ0) is 12.0. The van der Waals surface area contributed by atoms with E-state index in [0.29, 0.717) is 18.4 Å². The highest BCUT2D eigenvalue weighted by atomic mass is 16.6. The molecule has 0 radical (unpaired) electrons. The van der Waals surface area contributed by atoms with E-state index in [1.165, 1.54) is 0 Å². The van der Waals surface area contributed by atoms with E-state index in [1.54, 1.807) is 4.90 Å². The number of nitrogens with zero attached hydrogens (tertiary/aromatic N) is 1. The zero-order valence-corrected chi connectivity index (χ0v) is 10.6. The third-order valence-corrected chi connectivity index (χ3v) is 2.83. The Kier molecular flexibility index (Phi) is 5.60. The minimum absolute atomic E-state index is 0.152. The average Bonchev–Trinajstić information content (AvgIpc) is 2.65. The maximum absolute atomic E-state index is 11.5. The lowest BCUT2D eigenvalue weighted by molar-refractivity contribution is -0.0607. The SMILES string of the molecule is CC.CC1CCN(C(=O)OCC2COC2)C1. The lowest BCUT2D eigenvalue weighted by atomic mass is 10.1. The lowest BCUT2D eigenvalue weighted by Crippen LogP contribution is -2.36. The Hall–Kier alpha value is -0.770. The van der Waals surface area contributed by atoms with Gasteiger partial charge in [0.2, 0.25) is 0 Å². The second-order valence-electron chi connectivity index (χ2n) is 4.32. The molecule has 4 nitrogen and oxygen atoms in total. The first-order valence-corrected chi connectivity index (χ1v) is 6.25. The molecule has 2 fully saturated rings. The first kappa shape index (κ1) is 13.3. The van der Waals surface area contributed by atoms with E-state index in [9.17, 15) is 4.79 Å². The third kappa shape index (κ3) is 3.67. The van der Waals surface area contributed by atoms with Crippen LogP contribution in [0.25, 0.3) is 0 Å². The van der Waals surface area contributed by atoms with Gasteiger partial charge in [-0.2, -0.15) is 0 Å². The Labute approximate surface area is 97.9 Å². The van der Waals surface area contributed by atoms with Crippen molar-refractivity contribution >= 4 is 6.09 Å². The molecule has 0 aromatic rings. The van der Waals surface area contributed by atoms with E-state index in [0.717, 1.165) is 32.7 Å². The molecule has 2 aliphatic rings. The number of amides is 1. The molecule has 1 amide bonds. The topological polar surface area (TPSA) is 38.8 Å². The van der Waals surface area contributed by atoms with Crippen molar-refractivity contribution in [2.75, 3.05) is 32.9 Å². The van der Waals surface area contributed by atoms with Crippen LogP contribution in [-0.4, -0.2) is 43.9 Å². The Morgan fingerprint density at radius 3 is 2.56 bits per heavy atom. The summed E-state index contributed by atoms with van der Waals surface area (Å²) in [7, 11) is 0. The number of ether oxygens (including phenoxy) is 2. The van der Waals surface area contributed by atoms with Crippen LogP contribution in [0.3, 0.4) is 0 Å². The maximum Gasteiger partial charge on any atom is 0.409 e. The van der Waals surface area contributed by atoms with Crippen LogP contribution in [0.1, 0.15) is 27.2 Å². The molecule has 1 unspecified atom stereocenters. The molecular formula is C12H23NO3. The summed E-state index contributed by atoms with van der Waals surface area (Å²) >= 11 is 0. The molecule has 2 aliphatic heterocycles. The lowest BCUT2D eigenvalue weighted by Gasteiger charge is -2.26. The minimum Gasteiger partial charge on any atom is -0.449 e. The summed E-state index contributed by atoms with van der Waals surface area (Å²) in [4.78, 5) is 13.3. The molecule has 0 aromatic heterocycles. The van der Waals surface area contributed by atoms with Gasteiger partial charge >= 0.3 is 6.09 Å². The van der Waals surface area contributed by atoms with Crippen LogP contribution in [0.15, 0.2) is 0 Å². The number of hydrogen-bond acceptors (Lipinski definition) is 3. The third-order valence-electron chi connectivity index (χ3n) is 2.83. The van der Waals surface area contributed by atoms with E-state index in [2.05, 4.69) is 6.92 Å². The Morgan fingerprint density at radius 1 is 1.44 bits per heavy atom. The van der Waals surface area contributed by atoms with Crippen molar-refractivity contribution in [2.24, 2.45) is 11.8 Å². The fraction of sp³-hybridized carbons (Fsp3) is 0.917. The average molecular weight is 229 g/mol. The molecule has 2 saturated heterocycles. The Balaban J connectivity index is 0.000000606. The van der Waals surface area contributed by atoms with E-state index in [4.69, 9.17) is 9.47 Å². The second-order valence-corrected chi connectivity index (χ2v) is 4.32. The Morgan fingerprint density at radius 2 is 2.12 bits per heavy atom. The first-order chi connectivity index (χ1) is 7.75. The van der Waals surface area contributed by atoms with E-state index in [1.807, 2.05) is 13.8 Å². The standard InChI is InChI=1S/C10H17NO3.C2H6/c1-8-2-3-11(4-8)10(12)14-7-9-5-13-6-9;1-2/h8-9H,2-7H2,1H3;1-2H3. The largest absolute Gasteiger partial charge is 0.449 e. The maximum atomic E-state index is 11.5. The van der Waals surface area contributed by atoms with Gasteiger partial charge in [-0.3, -0.25) is 0 Å². The molecule has 16 heavy (non-hydrogen) atoms. The molecule has 2 heterocycles. The summed E-state index contributed by atoms with van der Waals surface area (Å²) in [5.41, 5.74) is 0. The Bertz CT molecular complexity index is 216. The quantitative estimate of drug-likeness (QED) is 0.728. The predicted octanol–water partition coefficient (Wildman–Crippen LogP) is 2.14. The van der Waals surface area contributed by atoms with Crippen molar-refractivity contribution in [3.05, 3.63) is 0 Å². The number of carbonyl (C=O) groups excluding carboxylic acids is 1. The molecular weight excluding hydrogens is 206 g/mol. The monoisotopic (exact) mass is 229 g/mol. The van der Waals surface area contributed by atoms with Gasteiger partial charge in [-0.25, -0.2) is 4.79 Å². The normalized spacial score (nSPS) is 24.4. The summed E-state index contributed by atoms with van der Waals surface area (Å²) < 4.78 is 10.2. The van der Waals surface area contributed by atoms with Crippen LogP contribution >= 0.6 is 0 Å². The number of likely N-dealkylation sites (tertiary alicyclic amines) is 1. The fourth-order valence-corrected chi connectivity index (χ4v) is 1.76. The second kappa shape index (κ2) is 6.74. The summed E-state index contributed by atoms with van der Waals surface area (Å²) in [6.45, 7) is 9.85. The summed E-state index contributed by atoms with van der Waals surface area (Å²) in [6, 6.07) is 0. The molecule has 0 bridgehead atoms. The fourth-order valence-electron chi connectivity index (χ4n) is 1.76. The van der Waals surface area contributed by atoms with Gasteiger partial charge in [-0.1, -0.05) is 20.8 Å². The van der Waals surface area contributed by atoms with Crippen molar-refractivity contribution in [1.82, 2.24) is 4.90 Å². The van der Waals surface area contributed by atoms with Crippen LogP contribution in [-0.2, 0) is 9.47 Å². The van der Waals surface area contributed by atoms with Gasteiger partial charge in [0, 0.05) is 19.0 Å². The summed E-state index contributed by atoms with van der Waals surface area (Å²) in [6.07, 6.45) is 0.947. The van der Waals surface area contributed by atoms with Gasteiger partial charge in [-0.15, -0.1) is 0 Å². The molecule has 0 aliphatic carbocycles.